The standard InChI is InChI=1S/C5H8O4/c6-5(7)9-4-1-2-8-3-4/h4H,1-3H2,(H,6,7). The summed E-state index contributed by atoms with van der Waals surface area (Å²) in [6.45, 7) is 1.02. The Morgan fingerprint density at radius 3 is 3.00 bits per heavy atom. The maximum Gasteiger partial charge on any atom is 0.506 e. The molecule has 1 rings (SSSR count). The molecular weight excluding hydrogens is 124 g/mol. The van der Waals surface area contributed by atoms with Crippen molar-refractivity contribution in [1.82, 2.24) is 0 Å². The SMILES string of the molecule is O=C(O)OC1CCOC1. The Bertz CT molecular complexity index is 106. The van der Waals surface area contributed by atoms with Crippen LogP contribution in [0.3, 0.4) is 0 Å². The molecule has 1 heterocycles. The van der Waals surface area contributed by atoms with Gasteiger partial charge in [-0.1, -0.05) is 0 Å². The van der Waals surface area contributed by atoms with Crippen molar-refractivity contribution in [3.8, 4) is 0 Å². The van der Waals surface area contributed by atoms with Crippen molar-refractivity contribution in [3.05, 3.63) is 0 Å². The molecule has 0 aromatic rings. The van der Waals surface area contributed by atoms with Crippen LogP contribution in [0.1, 0.15) is 6.42 Å². The van der Waals surface area contributed by atoms with Crippen LogP contribution < -0.4 is 0 Å². The van der Waals surface area contributed by atoms with Gasteiger partial charge in [0.1, 0.15) is 6.10 Å². The summed E-state index contributed by atoms with van der Waals surface area (Å²) in [4.78, 5) is 9.88. The predicted molar refractivity (Wildman–Crippen MR) is 28.3 cm³/mol. The zero-order valence-corrected chi connectivity index (χ0v) is 4.87. The second kappa shape index (κ2) is 2.68. The second-order valence-corrected chi connectivity index (χ2v) is 1.87. The van der Waals surface area contributed by atoms with Crippen LogP contribution in [0.4, 0.5) is 4.79 Å². The van der Waals surface area contributed by atoms with Crippen LogP contribution in [0, 0.1) is 0 Å². The third-order valence-corrected chi connectivity index (χ3v) is 1.16. The van der Waals surface area contributed by atoms with Crippen molar-refractivity contribution < 1.29 is 19.4 Å². The Labute approximate surface area is 52.4 Å². The molecule has 0 radical (unpaired) electrons. The van der Waals surface area contributed by atoms with Crippen molar-refractivity contribution in [2.24, 2.45) is 0 Å². The molecule has 1 aliphatic heterocycles. The van der Waals surface area contributed by atoms with Crippen LogP contribution in [0.2, 0.25) is 0 Å². The van der Waals surface area contributed by atoms with E-state index in [0.29, 0.717) is 19.6 Å². The lowest BCUT2D eigenvalue weighted by molar-refractivity contribution is 0.0449. The van der Waals surface area contributed by atoms with Crippen molar-refractivity contribution in [1.29, 1.82) is 0 Å². The lowest BCUT2D eigenvalue weighted by Crippen LogP contribution is -2.15. The van der Waals surface area contributed by atoms with Crippen LogP contribution in [-0.2, 0) is 9.47 Å². The Morgan fingerprint density at radius 2 is 2.56 bits per heavy atom. The van der Waals surface area contributed by atoms with E-state index in [1.807, 2.05) is 0 Å². The molecule has 4 nitrogen and oxygen atoms in total. The molecule has 1 aliphatic rings. The van der Waals surface area contributed by atoms with E-state index in [1.54, 1.807) is 0 Å². The normalized spacial score (nSPS) is 26.0. The lowest BCUT2D eigenvalue weighted by Gasteiger charge is -2.03. The van der Waals surface area contributed by atoms with Gasteiger partial charge in [-0.15, -0.1) is 0 Å². The molecule has 0 amide bonds. The molecule has 1 saturated heterocycles. The molecule has 0 saturated carbocycles. The molecule has 0 spiro atoms. The van der Waals surface area contributed by atoms with E-state index in [1.165, 1.54) is 0 Å². The predicted octanol–water partition coefficient (Wildman–Crippen LogP) is 0.470. The first-order chi connectivity index (χ1) is 4.29. The van der Waals surface area contributed by atoms with Crippen molar-refractivity contribution in [2.45, 2.75) is 12.5 Å². The van der Waals surface area contributed by atoms with Gasteiger partial charge in [0, 0.05) is 6.42 Å². The third kappa shape index (κ3) is 1.89. The average Bonchev–Trinajstić information content (AvgIpc) is 2.15. The third-order valence-electron chi connectivity index (χ3n) is 1.16. The molecule has 0 bridgehead atoms. The molecule has 1 N–H and O–H groups in total. The summed E-state index contributed by atoms with van der Waals surface area (Å²) in [7, 11) is 0. The number of ether oxygens (including phenoxy) is 2. The van der Waals surface area contributed by atoms with Gasteiger partial charge in [0.05, 0.1) is 13.2 Å². The topological polar surface area (TPSA) is 55.8 Å². The number of carboxylic acid groups (broad SMARTS) is 1. The van der Waals surface area contributed by atoms with Crippen molar-refractivity contribution in [3.63, 3.8) is 0 Å². The summed E-state index contributed by atoms with van der Waals surface area (Å²) < 4.78 is 9.27. The van der Waals surface area contributed by atoms with E-state index in [0.717, 1.165) is 0 Å². The van der Waals surface area contributed by atoms with E-state index in [-0.39, 0.29) is 6.10 Å². The first-order valence-corrected chi connectivity index (χ1v) is 2.76. The molecule has 1 atom stereocenters. The zero-order chi connectivity index (χ0) is 6.69. The Balaban J connectivity index is 2.19. The lowest BCUT2D eigenvalue weighted by atomic mass is 10.3. The summed E-state index contributed by atoms with van der Waals surface area (Å²) in [6, 6.07) is 0. The summed E-state index contributed by atoms with van der Waals surface area (Å²) in [5.41, 5.74) is 0. The highest BCUT2D eigenvalue weighted by Crippen LogP contribution is 2.07. The van der Waals surface area contributed by atoms with E-state index in [2.05, 4.69) is 4.74 Å². The maximum absolute atomic E-state index is 9.88. The van der Waals surface area contributed by atoms with E-state index < -0.39 is 6.16 Å². The fraction of sp³-hybridized carbons (Fsp3) is 0.800. The number of hydrogen-bond donors (Lipinski definition) is 1. The molecule has 1 fully saturated rings. The summed E-state index contributed by atoms with van der Waals surface area (Å²) in [6.07, 6.45) is -0.764. The second-order valence-electron chi connectivity index (χ2n) is 1.87. The van der Waals surface area contributed by atoms with Crippen LogP contribution >= 0.6 is 0 Å². The smallest absolute Gasteiger partial charge is 0.450 e. The molecule has 0 aliphatic carbocycles. The summed E-state index contributed by atoms with van der Waals surface area (Å²) in [5.74, 6) is 0. The number of hydrogen-bond acceptors (Lipinski definition) is 3. The maximum atomic E-state index is 9.88. The minimum absolute atomic E-state index is 0.234. The monoisotopic (exact) mass is 132 g/mol. The highest BCUT2D eigenvalue weighted by molar-refractivity contribution is 5.57. The molecule has 0 aromatic heterocycles. The fourth-order valence-electron chi connectivity index (χ4n) is 0.748. The van der Waals surface area contributed by atoms with Gasteiger partial charge in [-0.05, 0) is 0 Å². The molecule has 4 heteroatoms. The van der Waals surface area contributed by atoms with Gasteiger partial charge in [0.25, 0.3) is 0 Å². The van der Waals surface area contributed by atoms with Crippen LogP contribution in [-0.4, -0.2) is 30.6 Å². The Morgan fingerprint density at radius 1 is 1.78 bits per heavy atom. The average molecular weight is 132 g/mol. The van der Waals surface area contributed by atoms with Gasteiger partial charge in [-0.25, -0.2) is 4.79 Å². The van der Waals surface area contributed by atoms with Gasteiger partial charge in [-0.2, -0.15) is 0 Å². The number of carbonyl (C=O) groups is 1. The molecule has 9 heavy (non-hydrogen) atoms. The van der Waals surface area contributed by atoms with E-state index >= 15 is 0 Å². The van der Waals surface area contributed by atoms with E-state index in [4.69, 9.17) is 9.84 Å². The van der Waals surface area contributed by atoms with Gasteiger partial charge in [0.15, 0.2) is 0 Å². The van der Waals surface area contributed by atoms with Crippen LogP contribution in [0.25, 0.3) is 0 Å². The number of rotatable bonds is 1. The largest absolute Gasteiger partial charge is 0.506 e. The molecule has 1 unspecified atom stereocenters. The first-order valence-electron chi connectivity index (χ1n) is 2.76. The Kier molecular flexibility index (Phi) is 1.89. The quantitative estimate of drug-likeness (QED) is 0.527. The van der Waals surface area contributed by atoms with Gasteiger partial charge >= 0.3 is 6.16 Å². The minimum Gasteiger partial charge on any atom is -0.450 e. The van der Waals surface area contributed by atoms with Gasteiger partial charge < -0.3 is 14.6 Å². The Hall–Kier alpha value is -0.770. The van der Waals surface area contributed by atoms with Crippen LogP contribution in [0.15, 0.2) is 0 Å². The van der Waals surface area contributed by atoms with E-state index in [9.17, 15) is 4.79 Å². The highest BCUT2D eigenvalue weighted by Gasteiger charge is 2.18. The molecule has 0 aromatic carbocycles. The first kappa shape index (κ1) is 6.35. The fourth-order valence-corrected chi connectivity index (χ4v) is 0.748. The minimum atomic E-state index is -1.22. The van der Waals surface area contributed by atoms with Gasteiger partial charge in [0.2, 0.25) is 0 Å². The molecule has 52 valence electrons. The molecular formula is C5H8O4. The van der Waals surface area contributed by atoms with Gasteiger partial charge in [-0.3, -0.25) is 0 Å². The van der Waals surface area contributed by atoms with Crippen LogP contribution in [0.5, 0.6) is 0 Å². The zero-order valence-electron chi connectivity index (χ0n) is 4.87. The highest BCUT2D eigenvalue weighted by atomic mass is 16.7. The summed E-state index contributed by atoms with van der Waals surface area (Å²) >= 11 is 0. The van der Waals surface area contributed by atoms with Crippen molar-refractivity contribution >= 4 is 6.16 Å². The van der Waals surface area contributed by atoms with Crippen molar-refractivity contribution in [2.75, 3.05) is 13.2 Å². The summed E-state index contributed by atoms with van der Waals surface area (Å²) in [5, 5.41) is 8.10.